The highest BCUT2D eigenvalue weighted by Gasteiger charge is 2.61. The summed E-state index contributed by atoms with van der Waals surface area (Å²) in [6, 6.07) is 15.0. The molecule has 3 heterocycles. The summed E-state index contributed by atoms with van der Waals surface area (Å²) in [5.74, 6) is 0.842. The maximum Gasteiger partial charge on any atom is 0.229 e. The van der Waals surface area contributed by atoms with Crippen molar-refractivity contribution in [2.45, 2.75) is 64.0 Å². The van der Waals surface area contributed by atoms with E-state index in [4.69, 9.17) is 9.73 Å². The molecule has 0 N–H and O–H groups in total. The van der Waals surface area contributed by atoms with Crippen LogP contribution in [0.3, 0.4) is 0 Å². The van der Waals surface area contributed by atoms with Crippen LogP contribution in [0.15, 0.2) is 59.9 Å². The molecule has 3 aromatic rings. The lowest BCUT2D eigenvalue weighted by atomic mass is 9.73. The monoisotopic (exact) mass is 413 g/mol. The van der Waals surface area contributed by atoms with E-state index in [1.807, 2.05) is 18.5 Å². The topological polar surface area (TPSA) is 37.7 Å². The van der Waals surface area contributed by atoms with Crippen LogP contribution >= 0.6 is 0 Å². The second kappa shape index (κ2) is 7.67. The molecule has 2 unspecified atom stereocenters. The van der Waals surface area contributed by atoms with Gasteiger partial charge in [-0.25, -0.2) is 0 Å². The minimum absolute atomic E-state index is 0.195. The molecule has 0 saturated carbocycles. The third-order valence-electron chi connectivity index (χ3n) is 7.32. The molecule has 31 heavy (non-hydrogen) atoms. The maximum atomic E-state index is 7.00. The van der Waals surface area contributed by atoms with E-state index in [0.717, 1.165) is 41.6 Å². The van der Waals surface area contributed by atoms with Crippen LogP contribution < -0.4 is 9.64 Å². The summed E-state index contributed by atoms with van der Waals surface area (Å²) in [5, 5.41) is 2.17. The first kappa shape index (κ1) is 20.0. The first-order valence-corrected chi connectivity index (χ1v) is 11.6. The number of benzene rings is 2. The van der Waals surface area contributed by atoms with Crippen LogP contribution in [0, 0.1) is 0 Å². The molecule has 0 aliphatic carbocycles. The lowest BCUT2D eigenvalue weighted by molar-refractivity contribution is 0.0657. The smallest absolute Gasteiger partial charge is 0.229 e. The first-order chi connectivity index (χ1) is 15.1. The van der Waals surface area contributed by atoms with E-state index in [0.29, 0.717) is 0 Å². The first-order valence-electron chi connectivity index (χ1n) is 11.6. The van der Waals surface area contributed by atoms with Crippen LogP contribution in [0.2, 0.25) is 0 Å². The molecule has 2 atom stereocenters. The van der Waals surface area contributed by atoms with Gasteiger partial charge in [0.1, 0.15) is 11.4 Å². The Kier molecular flexibility index (Phi) is 4.96. The molecule has 1 spiro atoms. The van der Waals surface area contributed by atoms with Gasteiger partial charge < -0.3 is 9.64 Å². The average molecular weight is 414 g/mol. The van der Waals surface area contributed by atoms with E-state index in [9.17, 15) is 0 Å². The number of aromatic nitrogens is 1. The Morgan fingerprint density at radius 1 is 1.00 bits per heavy atom. The molecule has 0 saturated heterocycles. The average Bonchev–Trinajstić information content (AvgIpc) is 3.01. The van der Waals surface area contributed by atoms with Crippen molar-refractivity contribution in [2.75, 3.05) is 11.4 Å². The van der Waals surface area contributed by atoms with Crippen LogP contribution in [-0.2, 0) is 5.41 Å². The van der Waals surface area contributed by atoms with Crippen molar-refractivity contribution in [3.63, 3.8) is 0 Å². The molecule has 0 bridgehead atoms. The largest absolute Gasteiger partial charge is 0.459 e. The number of pyridine rings is 1. The van der Waals surface area contributed by atoms with E-state index < -0.39 is 5.72 Å². The second-order valence-electron chi connectivity index (χ2n) is 8.98. The summed E-state index contributed by atoms with van der Waals surface area (Å²) in [5.41, 5.74) is 2.70. The molecule has 2 aromatic carbocycles. The summed E-state index contributed by atoms with van der Waals surface area (Å²) < 4.78 is 7.00. The lowest BCUT2D eigenvalue weighted by Crippen LogP contribution is -2.63. The number of para-hydroxylation sites is 1. The van der Waals surface area contributed by atoms with Crippen molar-refractivity contribution >= 4 is 28.4 Å². The zero-order chi connectivity index (χ0) is 21.5. The molecule has 0 radical (unpaired) electrons. The van der Waals surface area contributed by atoms with Crippen LogP contribution in [0.5, 0.6) is 5.75 Å². The molecule has 0 amide bonds. The van der Waals surface area contributed by atoms with Crippen LogP contribution in [0.1, 0.15) is 58.4 Å². The quantitative estimate of drug-likeness (QED) is 0.417. The number of fused-ring (bicyclic) bond motifs is 4. The normalized spacial score (nSPS) is 23.8. The van der Waals surface area contributed by atoms with Crippen LogP contribution in [0.4, 0.5) is 11.4 Å². The third kappa shape index (κ3) is 2.88. The van der Waals surface area contributed by atoms with Crippen molar-refractivity contribution in [3.05, 3.63) is 60.4 Å². The number of nitrogens with zero attached hydrogens (tertiary/aromatic N) is 3. The highest BCUT2D eigenvalue weighted by molar-refractivity contribution is 5.99. The number of anilines is 1. The number of hydrogen-bond acceptors (Lipinski definition) is 4. The van der Waals surface area contributed by atoms with E-state index in [1.165, 1.54) is 30.5 Å². The van der Waals surface area contributed by atoms with Gasteiger partial charge in [-0.1, -0.05) is 57.4 Å². The molecule has 5 rings (SSSR count). The molecule has 2 aliphatic rings. The van der Waals surface area contributed by atoms with Gasteiger partial charge in [-0.2, -0.15) is 0 Å². The molecule has 160 valence electrons. The van der Waals surface area contributed by atoms with Gasteiger partial charge in [0.25, 0.3) is 0 Å². The third-order valence-corrected chi connectivity index (χ3v) is 7.32. The minimum Gasteiger partial charge on any atom is -0.459 e. The van der Waals surface area contributed by atoms with Gasteiger partial charge in [-0.05, 0) is 48.9 Å². The van der Waals surface area contributed by atoms with Crippen LogP contribution in [0.25, 0.3) is 10.8 Å². The Bertz CT molecular complexity index is 1140. The Balaban J connectivity index is 1.63. The molecule has 0 fully saturated rings. The van der Waals surface area contributed by atoms with Gasteiger partial charge in [-0.3, -0.25) is 9.98 Å². The van der Waals surface area contributed by atoms with Gasteiger partial charge >= 0.3 is 0 Å². The summed E-state index contributed by atoms with van der Waals surface area (Å²) in [6.07, 6.45) is 11.6. The zero-order valence-electron chi connectivity index (χ0n) is 18.8. The van der Waals surface area contributed by atoms with E-state index >= 15 is 0 Å². The van der Waals surface area contributed by atoms with Crippen LogP contribution in [-0.4, -0.2) is 23.5 Å². The summed E-state index contributed by atoms with van der Waals surface area (Å²) in [6.45, 7) is 7.81. The van der Waals surface area contributed by atoms with E-state index in [-0.39, 0.29) is 5.41 Å². The molecular weight excluding hydrogens is 382 g/mol. The fourth-order valence-electron chi connectivity index (χ4n) is 5.34. The Morgan fingerprint density at radius 2 is 1.87 bits per heavy atom. The number of ether oxygens (including phenoxy) is 1. The number of unbranched alkanes of at least 4 members (excludes halogenated alkanes) is 3. The predicted molar refractivity (Wildman–Crippen MR) is 129 cm³/mol. The SMILES string of the molecule is CCCCCCN1c2ccccc2C(C)(CC)C12C=Nc1c(ccc3ccncc13)O2. The molecule has 1 aromatic heterocycles. The summed E-state index contributed by atoms with van der Waals surface area (Å²) in [7, 11) is 0. The highest BCUT2D eigenvalue weighted by Crippen LogP contribution is 2.56. The highest BCUT2D eigenvalue weighted by atomic mass is 16.5. The van der Waals surface area contributed by atoms with E-state index in [2.05, 4.69) is 73.3 Å². The van der Waals surface area contributed by atoms with Crippen molar-refractivity contribution in [1.82, 2.24) is 4.98 Å². The van der Waals surface area contributed by atoms with Gasteiger partial charge in [0.2, 0.25) is 5.72 Å². The molecular formula is C27H31N3O. The number of aliphatic imine (C=N–C) groups is 1. The molecule has 4 heteroatoms. The fraction of sp³-hybridized carbons (Fsp3) is 0.407. The van der Waals surface area contributed by atoms with Gasteiger partial charge in [-0.15, -0.1) is 0 Å². The zero-order valence-corrected chi connectivity index (χ0v) is 18.8. The lowest BCUT2D eigenvalue weighted by Gasteiger charge is -2.47. The number of rotatable bonds is 6. The van der Waals surface area contributed by atoms with Gasteiger partial charge in [0, 0.05) is 30.0 Å². The standard InChI is InChI=1S/C27H31N3O/c1-4-6-7-10-17-30-23-12-9-8-11-22(23)26(3,5-2)27(30)19-29-25-21-18-28-16-15-20(21)13-14-24(25)31-27/h8-9,11-16,18-19H,4-7,10,17H2,1-3H3. The Morgan fingerprint density at radius 3 is 2.71 bits per heavy atom. The predicted octanol–water partition coefficient (Wildman–Crippen LogP) is 6.79. The van der Waals surface area contributed by atoms with Crippen molar-refractivity contribution in [2.24, 2.45) is 4.99 Å². The fourth-order valence-corrected chi connectivity index (χ4v) is 5.34. The minimum atomic E-state index is -0.624. The molecule has 4 nitrogen and oxygen atoms in total. The van der Waals surface area contributed by atoms with Gasteiger partial charge in [0.05, 0.1) is 11.6 Å². The van der Waals surface area contributed by atoms with Crippen molar-refractivity contribution < 1.29 is 4.74 Å². The maximum absolute atomic E-state index is 7.00. The Labute approximate surface area is 185 Å². The van der Waals surface area contributed by atoms with Crippen molar-refractivity contribution in [3.8, 4) is 5.75 Å². The molecule has 2 aliphatic heterocycles. The van der Waals surface area contributed by atoms with Gasteiger partial charge in [0.15, 0.2) is 0 Å². The van der Waals surface area contributed by atoms with Crippen molar-refractivity contribution in [1.29, 1.82) is 0 Å². The summed E-state index contributed by atoms with van der Waals surface area (Å²) >= 11 is 0. The number of hydrogen-bond donors (Lipinski definition) is 0. The summed E-state index contributed by atoms with van der Waals surface area (Å²) in [4.78, 5) is 11.8. The van der Waals surface area contributed by atoms with E-state index in [1.54, 1.807) is 0 Å². The Hall–Kier alpha value is -2.88. The second-order valence-corrected chi connectivity index (χ2v) is 8.98.